The van der Waals surface area contributed by atoms with Crippen molar-refractivity contribution in [1.82, 2.24) is 0 Å². The number of ether oxygens (including phenoxy) is 1. The van der Waals surface area contributed by atoms with Crippen LogP contribution in [-0.4, -0.2) is 6.03 Å². The van der Waals surface area contributed by atoms with Gasteiger partial charge in [0.15, 0.2) is 5.75 Å². The number of nitrogens with two attached hydrogens (primary N) is 1. The van der Waals surface area contributed by atoms with Crippen LogP contribution in [0.2, 0.25) is 0 Å². The van der Waals surface area contributed by atoms with Gasteiger partial charge in [0, 0.05) is 11.4 Å². The van der Waals surface area contributed by atoms with Gasteiger partial charge in [0.05, 0.1) is 5.69 Å². The molecule has 5 heteroatoms. The first-order chi connectivity index (χ1) is 12.5. The van der Waals surface area contributed by atoms with Crippen LogP contribution in [0, 0.1) is 13.8 Å². The van der Waals surface area contributed by atoms with E-state index >= 15 is 0 Å². The van der Waals surface area contributed by atoms with E-state index in [2.05, 4.69) is 10.6 Å². The predicted molar refractivity (Wildman–Crippen MR) is 106 cm³/mol. The number of nitrogen functional groups attached to an aromatic ring is 1. The smallest absolute Gasteiger partial charge is 0.323 e. The molecule has 0 aromatic heterocycles. The second kappa shape index (κ2) is 7.61. The molecule has 0 heterocycles. The lowest BCUT2D eigenvalue weighted by Gasteiger charge is -2.15. The van der Waals surface area contributed by atoms with Gasteiger partial charge in [-0.2, -0.15) is 0 Å². The largest absolute Gasteiger partial charge is 0.455 e. The fourth-order valence-corrected chi connectivity index (χ4v) is 2.60. The van der Waals surface area contributed by atoms with Gasteiger partial charge < -0.3 is 21.1 Å². The van der Waals surface area contributed by atoms with Gasteiger partial charge in [-0.3, -0.25) is 0 Å². The van der Waals surface area contributed by atoms with Crippen LogP contribution in [0.3, 0.4) is 0 Å². The highest BCUT2D eigenvalue weighted by molar-refractivity contribution is 6.01. The summed E-state index contributed by atoms with van der Waals surface area (Å²) in [6.07, 6.45) is 0. The maximum absolute atomic E-state index is 12.4. The number of amides is 2. The summed E-state index contributed by atoms with van der Waals surface area (Å²) >= 11 is 0. The van der Waals surface area contributed by atoms with Crippen LogP contribution in [-0.2, 0) is 0 Å². The fourth-order valence-electron chi connectivity index (χ4n) is 2.60. The van der Waals surface area contributed by atoms with Gasteiger partial charge >= 0.3 is 6.03 Å². The summed E-state index contributed by atoms with van der Waals surface area (Å²) in [5.41, 5.74) is 9.75. The van der Waals surface area contributed by atoms with Crippen molar-refractivity contribution in [2.75, 3.05) is 16.4 Å². The Kier molecular flexibility index (Phi) is 5.08. The van der Waals surface area contributed by atoms with E-state index in [-0.39, 0.29) is 6.03 Å². The third-order valence-electron chi connectivity index (χ3n) is 3.96. The van der Waals surface area contributed by atoms with Crippen molar-refractivity contribution in [1.29, 1.82) is 0 Å². The number of nitrogens with one attached hydrogen (secondary N) is 2. The minimum absolute atomic E-state index is 0.323. The van der Waals surface area contributed by atoms with Crippen LogP contribution >= 0.6 is 0 Å². The minimum atomic E-state index is -0.323. The Balaban J connectivity index is 1.75. The van der Waals surface area contributed by atoms with Crippen molar-refractivity contribution >= 4 is 23.1 Å². The average molecular weight is 347 g/mol. The van der Waals surface area contributed by atoms with E-state index in [1.165, 1.54) is 0 Å². The Labute approximate surface area is 152 Å². The zero-order chi connectivity index (χ0) is 18.5. The number of carbonyl (C=O) groups excluding carboxylic acids is 1. The lowest BCUT2D eigenvalue weighted by atomic mass is 10.1. The van der Waals surface area contributed by atoms with Gasteiger partial charge in [-0.1, -0.05) is 30.3 Å². The quantitative estimate of drug-likeness (QED) is 0.559. The molecule has 0 saturated carbocycles. The monoisotopic (exact) mass is 347 g/mol. The number of benzene rings is 3. The van der Waals surface area contributed by atoms with Crippen molar-refractivity contribution in [2.45, 2.75) is 13.8 Å². The number of urea groups is 1. The number of anilines is 3. The van der Waals surface area contributed by atoms with E-state index in [1.54, 1.807) is 36.4 Å². The zero-order valence-electron chi connectivity index (χ0n) is 14.7. The molecule has 0 saturated heterocycles. The molecule has 0 fully saturated rings. The molecule has 0 atom stereocenters. The lowest BCUT2D eigenvalue weighted by molar-refractivity contribution is 0.262. The Bertz CT molecular complexity index is 901. The van der Waals surface area contributed by atoms with E-state index in [0.29, 0.717) is 22.9 Å². The third kappa shape index (κ3) is 4.13. The van der Waals surface area contributed by atoms with Crippen molar-refractivity contribution in [3.8, 4) is 11.5 Å². The maximum Gasteiger partial charge on any atom is 0.323 e. The maximum atomic E-state index is 12.4. The zero-order valence-corrected chi connectivity index (χ0v) is 14.7. The van der Waals surface area contributed by atoms with Gasteiger partial charge in [0.25, 0.3) is 0 Å². The van der Waals surface area contributed by atoms with Crippen LogP contribution in [0.4, 0.5) is 21.9 Å². The molecular formula is C21H21N3O2. The summed E-state index contributed by atoms with van der Waals surface area (Å²) < 4.78 is 5.86. The summed E-state index contributed by atoms with van der Waals surface area (Å²) in [6, 6.07) is 19.9. The normalized spacial score (nSPS) is 10.2. The van der Waals surface area contributed by atoms with Gasteiger partial charge in [-0.05, 0) is 61.4 Å². The topological polar surface area (TPSA) is 76.4 Å². The summed E-state index contributed by atoms with van der Waals surface area (Å²) in [6.45, 7) is 3.92. The lowest BCUT2D eigenvalue weighted by Crippen LogP contribution is -2.20. The molecule has 132 valence electrons. The van der Waals surface area contributed by atoms with Crippen LogP contribution in [0.1, 0.15) is 11.1 Å². The van der Waals surface area contributed by atoms with Crippen molar-refractivity contribution in [3.63, 3.8) is 0 Å². The van der Waals surface area contributed by atoms with Crippen LogP contribution in [0.15, 0.2) is 66.7 Å². The molecule has 2 amide bonds. The standard InChI is InChI=1S/C21H21N3O2/c1-14-6-5-7-15(2)20(14)24-21(25)23-18-8-3-4-9-19(18)26-17-12-10-16(22)11-13-17/h3-13H,22H2,1-2H3,(H2,23,24,25). The predicted octanol–water partition coefficient (Wildman–Crippen LogP) is 5.32. The Hall–Kier alpha value is -3.47. The van der Waals surface area contributed by atoms with Gasteiger partial charge in [0.2, 0.25) is 0 Å². The number of aryl methyl sites for hydroxylation is 2. The molecule has 0 radical (unpaired) electrons. The second-order valence-electron chi connectivity index (χ2n) is 6.01. The van der Waals surface area contributed by atoms with Crippen LogP contribution in [0.5, 0.6) is 11.5 Å². The number of rotatable bonds is 4. The van der Waals surface area contributed by atoms with E-state index < -0.39 is 0 Å². The minimum Gasteiger partial charge on any atom is -0.455 e. The average Bonchev–Trinajstić information content (AvgIpc) is 2.62. The molecule has 3 aromatic rings. The van der Waals surface area contributed by atoms with Crippen LogP contribution < -0.4 is 21.1 Å². The Morgan fingerprint density at radius 3 is 2.19 bits per heavy atom. The molecule has 0 spiro atoms. The van der Waals surface area contributed by atoms with Gasteiger partial charge in [-0.15, -0.1) is 0 Å². The first-order valence-electron chi connectivity index (χ1n) is 8.29. The summed E-state index contributed by atoms with van der Waals surface area (Å²) in [4.78, 5) is 12.4. The summed E-state index contributed by atoms with van der Waals surface area (Å²) in [7, 11) is 0. The molecule has 5 nitrogen and oxygen atoms in total. The highest BCUT2D eigenvalue weighted by Crippen LogP contribution is 2.30. The first-order valence-corrected chi connectivity index (χ1v) is 8.29. The van der Waals surface area contributed by atoms with E-state index in [4.69, 9.17) is 10.5 Å². The molecular weight excluding hydrogens is 326 g/mol. The second-order valence-corrected chi connectivity index (χ2v) is 6.01. The van der Waals surface area contributed by atoms with Crippen molar-refractivity contribution < 1.29 is 9.53 Å². The Morgan fingerprint density at radius 2 is 1.50 bits per heavy atom. The molecule has 3 aromatic carbocycles. The molecule has 0 unspecified atom stereocenters. The fraction of sp³-hybridized carbons (Fsp3) is 0.0952. The summed E-state index contributed by atoms with van der Waals surface area (Å²) in [5, 5.41) is 5.75. The number of hydrogen-bond acceptors (Lipinski definition) is 3. The van der Waals surface area contributed by atoms with E-state index in [1.807, 2.05) is 44.2 Å². The van der Waals surface area contributed by atoms with E-state index in [9.17, 15) is 4.79 Å². The SMILES string of the molecule is Cc1cccc(C)c1NC(=O)Nc1ccccc1Oc1ccc(N)cc1. The summed E-state index contributed by atoms with van der Waals surface area (Å²) in [5.74, 6) is 1.19. The highest BCUT2D eigenvalue weighted by atomic mass is 16.5. The van der Waals surface area contributed by atoms with Crippen molar-refractivity contribution in [3.05, 3.63) is 77.9 Å². The van der Waals surface area contributed by atoms with Crippen molar-refractivity contribution in [2.24, 2.45) is 0 Å². The Morgan fingerprint density at radius 1 is 0.846 bits per heavy atom. The molecule has 0 aliphatic heterocycles. The van der Waals surface area contributed by atoms with Gasteiger partial charge in [-0.25, -0.2) is 4.79 Å². The highest BCUT2D eigenvalue weighted by Gasteiger charge is 2.11. The molecule has 26 heavy (non-hydrogen) atoms. The molecule has 4 N–H and O–H groups in total. The number of hydrogen-bond donors (Lipinski definition) is 3. The molecule has 0 aliphatic carbocycles. The molecule has 0 aliphatic rings. The van der Waals surface area contributed by atoms with E-state index in [0.717, 1.165) is 16.8 Å². The van der Waals surface area contributed by atoms with Gasteiger partial charge in [0.1, 0.15) is 5.75 Å². The third-order valence-corrected chi connectivity index (χ3v) is 3.96. The number of carbonyl (C=O) groups is 1. The number of para-hydroxylation sites is 3. The van der Waals surface area contributed by atoms with Crippen LogP contribution in [0.25, 0.3) is 0 Å². The first kappa shape index (κ1) is 17.4. The molecule has 0 bridgehead atoms. The molecule has 3 rings (SSSR count).